The van der Waals surface area contributed by atoms with Crippen molar-refractivity contribution in [3.05, 3.63) is 29.3 Å². The van der Waals surface area contributed by atoms with E-state index in [-0.39, 0.29) is 22.7 Å². The summed E-state index contributed by atoms with van der Waals surface area (Å²) < 4.78 is 9.43. The molecular formula is C18H25N2O5+. The average molecular weight is 349 g/mol. The van der Waals surface area contributed by atoms with Gasteiger partial charge in [-0.2, -0.15) is 0 Å². The zero-order valence-corrected chi connectivity index (χ0v) is 14.9. The number of ether oxygens (including phenoxy) is 2. The van der Waals surface area contributed by atoms with Gasteiger partial charge in [-0.15, -0.1) is 0 Å². The first-order chi connectivity index (χ1) is 12.0. The molecular weight excluding hydrogens is 324 g/mol. The van der Waals surface area contributed by atoms with Crippen LogP contribution in [-0.4, -0.2) is 51.2 Å². The summed E-state index contributed by atoms with van der Waals surface area (Å²) in [7, 11) is 2.54. The summed E-state index contributed by atoms with van der Waals surface area (Å²) in [6.45, 7) is 3.42. The third-order valence-corrected chi connectivity index (χ3v) is 4.59. The van der Waals surface area contributed by atoms with Crippen molar-refractivity contribution in [1.29, 1.82) is 0 Å². The van der Waals surface area contributed by atoms with Crippen LogP contribution in [0, 0.1) is 0 Å². The van der Waals surface area contributed by atoms with Crippen LogP contribution in [-0.2, 0) is 14.3 Å². The van der Waals surface area contributed by atoms with Gasteiger partial charge in [0.1, 0.15) is 0 Å². The summed E-state index contributed by atoms with van der Waals surface area (Å²) in [4.78, 5) is 37.3. The van der Waals surface area contributed by atoms with Crippen LogP contribution < -0.4 is 10.2 Å². The highest BCUT2D eigenvalue weighted by Crippen LogP contribution is 2.19. The van der Waals surface area contributed by atoms with Crippen molar-refractivity contribution in [3.8, 4) is 0 Å². The number of piperidine rings is 1. The first-order valence-electron chi connectivity index (χ1n) is 8.41. The van der Waals surface area contributed by atoms with Gasteiger partial charge in [-0.05, 0) is 44.4 Å². The summed E-state index contributed by atoms with van der Waals surface area (Å²) in [5.41, 5.74) is 0.707. The number of likely N-dealkylation sites (tertiary alicyclic amines) is 1. The first-order valence-corrected chi connectivity index (χ1v) is 8.41. The summed E-state index contributed by atoms with van der Waals surface area (Å²) in [6.07, 6.45) is 3.41. The van der Waals surface area contributed by atoms with Gasteiger partial charge in [-0.25, -0.2) is 9.59 Å². The van der Waals surface area contributed by atoms with Crippen molar-refractivity contribution in [2.45, 2.75) is 32.2 Å². The molecule has 1 amide bonds. The second-order valence-corrected chi connectivity index (χ2v) is 6.27. The predicted molar refractivity (Wildman–Crippen MR) is 91.8 cm³/mol. The Morgan fingerprint density at radius 1 is 1.16 bits per heavy atom. The Labute approximate surface area is 147 Å². The van der Waals surface area contributed by atoms with E-state index in [1.807, 2.05) is 0 Å². The van der Waals surface area contributed by atoms with Crippen LogP contribution >= 0.6 is 0 Å². The standard InChI is InChI=1S/C18H24N2O5/c1-12-6-4-5-9-20(12)11-16(21)19-15-10-13(17(22)24-2)7-8-14(15)18(23)25-3/h7-8,10,12H,4-6,9,11H2,1-3H3,(H,19,21)/p+1/t12-/m0/s1. The Bertz CT molecular complexity index is 659. The van der Waals surface area contributed by atoms with Gasteiger partial charge in [-0.3, -0.25) is 4.79 Å². The molecule has 25 heavy (non-hydrogen) atoms. The van der Waals surface area contributed by atoms with Crippen LogP contribution in [0.5, 0.6) is 0 Å². The molecule has 0 aromatic heterocycles. The number of quaternary nitrogens is 1. The van der Waals surface area contributed by atoms with Crippen LogP contribution in [0.15, 0.2) is 18.2 Å². The smallest absolute Gasteiger partial charge is 0.339 e. The highest BCUT2D eigenvalue weighted by molar-refractivity contribution is 6.03. The number of rotatable bonds is 5. The molecule has 1 heterocycles. The van der Waals surface area contributed by atoms with Gasteiger partial charge in [0, 0.05) is 0 Å². The molecule has 1 fully saturated rings. The molecule has 7 nitrogen and oxygen atoms in total. The van der Waals surface area contributed by atoms with E-state index in [1.165, 1.54) is 43.7 Å². The summed E-state index contributed by atoms with van der Waals surface area (Å²) in [5, 5.41) is 2.74. The zero-order valence-electron chi connectivity index (χ0n) is 14.9. The number of anilines is 1. The molecule has 1 saturated heterocycles. The molecule has 7 heteroatoms. The van der Waals surface area contributed by atoms with Crippen molar-refractivity contribution < 1.29 is 28.8 Å². The van der Waals surface area contributed by atoms with E-state index in [4.69, 9.17) is 4.74 Å². The van der Waals surface area contributed by atoms with E-state index < -0.39 is 11.9 Å². The van der Waals surface area contributed by atoms with Crippen LogP contribution in [0.1, 0.15) is 46.9 Å². The second kappa shape index (κ2) is 8.62. The Balaban J connectivity index is 2.18. The molecule has 0 spiro atoms. The molecule has 0 radical (unpaired) electrons. The maximum atomic E-state index is 12.4. The minimum absolute atomic E-state index is 0.198. The van der Waals surface area contributed by atoms with E-state index >= 15 is 0 Å². The fraction of sp³-hybridized carbons (Fsp3) is 0.500. The number of esters is 2. The topological polar surface area (TPSA) is 86.1 Å². The quantitative estimate of drug-likeness (QED) is 0.763. The van der Waals surface area contributed by atoms with E-state index in [9.17, 15) is 14.4 Å². The number of amides is 1. The SMILES string of the molecule is COC(=O)c1ccc(C(=O)OC)c(NC(=O)C[NH+]2CCCC[C@@H]2C)c1. The monoisotopic (exact) mass is 349 g/mol. The fourth-order valence-electron chi connectivity index (χ4n) is 3.10. The lowest BCUT2D eigenvalue weighted by Crippen LogP contribution is -3.17. The van der Waals surface area contributed by atoms with Crippen LogP contribution in [0.25, 0.3) is 0 Å². The van der Waals surface area contributed by atoms with Crippen LogP contribution in [0.3, 0.4) is 0 Å². The average Bonchev–Trinajstić information content (AvgIpc) is 2.62. The number of nitrogens with one attached hydrogen (secondary N) is 2. The molecule has 2 N–H and O–H groups in total. The number of hydrogen-bond donors (Lipinski definition) is 2. The third-order valence-electron chi connectivity index (χ3n) is 4.59. The lowest BCUT2D eigenvalue weighted by Gasteiger charge is -2.29. The fourth-order valence-corrected chi connectivity index (χ4v) is 3.10. The largest absolute Gasteiger partial charge is 0.465 e. The van der Waals surface area contributed by atoms with Crippen molar-refractivity contribution in [1.82, 2.24) is 0 Å². The molecule has 1 aliphatic heterocycles. The molecule has 0 aliphatic carbocycles. The number of carbonyl (C=O) groups excluding carboxylic acids is 3. The number of carbonyl (C=O) groups is 3. The Morgan fingerprint density at radius 3 is 2.52 bits per heavy atom. The van der Waals surface area contributed by atoms with E-state index in [0.29, 0.717) is 12.6 Å². The predicted octanol–water partition coefficient (Wildman–Crippen LogP) is 0.656. The normalized spacial score (nSPS) is 19.8. The Hall–Kier alpha value is -2.41. The molecule has 2 rings (SSSR count). The van der Waals surface area contributed by atoms with Gasteiger partial charge in [0.2, 0.25) is 0 Å². The Morgan fingerprint density at radius 2 is 1.88 bits per heavy atom. The molecule has 0 bridgehead atoms. The van der Waals surface area contributed by atoms with Gasteiger partial charge in [0.15, 0.2) is 6.54 Å². The van der Waals surface area contributed by atoms with E-state index in [0.717, 1.165) is 19.4 Å². The van der Waals surface area contributed by atoms with Gasteiger partial charge >= 0.3 is 11.9 Å². The number of methoxy groups -OCH3 is 2. The van der Waals surface area contributed by atoms with Crippen molar-refractivity contribution in [2.75, 3.05) is 32.6 Å². The van der Waals surface area contributed by atoms with E-state index in [1.54, 1.807) is 0 Å². The highest BCUT2D eigenvalue weighted by Gasteiger charge is 2.25. The van der Waals surface area contributed by atoms with E-state index in [2.05, 4.69) is 17.0 Å². The molecule has 2 atom stereocenters. The lowest BCUT2D eigenvalue weighted by atomic mass is 10.0. The van der Waals surface area contributed by atoms with Crippen LogP contribution in [0.4, 0.5) is 5.69 Å². The van der Waals surface area contributed by atoms with Crippen molar-refractivity contribution >= 4 is 23.5 Å². The minimum Gasteiger partial charge on any atom is -0.465 e. The van der Waals surface area contributed by atoms with Gasteiger partial charge in [0.25, 0.3) is 5.91 Å². The highest BCUT2D eigenvalue weighted by atomic mass is 16.5. The Kier molecular flexibility index (Phi) is 6.52. The molecule has 1 unspecified atom stereocenters. The lowest BCUT2D eigenvalue weighted by molar-refractivity contribution is -0.920. The van der Waals surface area contributed by atoms with Gasteiger partial charge in [0.05, 0.1) is 43.6 Å². The molecule has 1 aromatic carbocycles. The van der Waals surface area contributed by atoms with Crippen molar-refractivity contribution in [3.63, 3.8) is 0 Å². The minimum atomic E-state index is -0.578. The number of hydrogen-bond acceptors (Lipinski definition) is 5. The number of benzene rings is 1. The third kappa shape index (κ3) is 4.79. The summed E-state index contributed by atoms with van der Waals surface area (Å²) in [6, 6.07) is 4.78. The maximum absolute atomic E-state index is 12.4. The molecule has 136 valence electrons. The molecule has 0 saturated carbocycles. The molecule has 1 aromatic rings. The summed E-state index contributed by atoms with van der Waals surface area (Å²) in [5.74, 6) is -1.32. The van der Waals surface area contributed by atoms with Crippen molar-refractivity contribution in [2.24, 2.45) is 0 Å². The first kappa shape index (κ1) is 18.9. The van der Waals surface area contributed by atoms with Gasteiger partial charge in [-0.1, -0.05) is 0 Å². The summed E-state index contributed by atoms with van der Waals surface area (Å²) >= 11 is 0. The maximum Gasteiger partial charge on any atom is 0.339 e. The van der Waals surface area contributed by atoms with Gasteiger partial charge < -0.3 is 19.7 Å². The second-order valence-electron chi connectivity index (χ2n) is 6.27. The molecule has 1 aliphatic rings. The zero-order chi connectivity index (χ0) is 18.4. The van der Waals surface area contributed by atoms with Crippen LogP contribution in [0.2, 0.25) is 0 Å².